The summed E-state index contributed by atoms with van der Waals surface area (Å²) in [5, 5.41) is 19.5. The zero-order chi connectivity index (χ0) is 17.3. The second-order valence-electron chi connectivity index (χ2n) is 6.12. The van der Waals surface area contributed by atoms with Crippen LogP contribution in [0.3, 0.4) is 0 Å². The molecule has 0 aromatic heterocycles. The third kappa shape index (κ3) is 3.71. The fourth-order valence-electron chi connectivity index (χ4n) is 3.18. The molecule has 2 N–H and O–H groups in total. The lowest BCUT2D eigenvalue weighted by Crippen LogP contribution is -2.24. The molecule has 2 aromatic rings. The van der Waals surface area contributed by atoms with E-state index in [1.54, 1.807) is 18.2 Å². The molecule has 1 heterocycles. The Bertz CT molecular complexity index is 700. The van der Waals surface area contributed by atoms with Gasteiger partial charge in [0.15, 0.2) is 0 Å². The van der Waals surface area contributed by atoms with Gasteiger partial charge in [-0.2, -0.15) is 13.2 Å². The van der Waals surface area contributed by atoms with E-state index in [0.29, 0.717) is 19.5 Å². The summed E-state index contributed by atoms with van der Waals surface area (Å²) in [6.45, 7) is 0.957. The van der Waals surface area contributed by atoms with E-state index in [4.69, 9.17) is 0 Å². The predicted molar refractivity (Wildman–Crippen MR) is 83.3 cm³/mol. The van der Waals surface area contributed by atoms with E-state index in [1.807, 2.05) is 11.0 Å². The third-order valence-corrected chi connectivity index (χ3v) is 4.30. The Kier molecular flexibility index (Phi) is 4.51. The van der Waals surface area contributed by atoms with Crippen LogP contribution in [0.1, 0.15) is 29.2 Å². The molecule has 24 heavy (non-hydrogen) atoms. The molecule has 2 aromatic carbocycles. The first-order valence-electron chi connectivity index (χ1n) is 7.70. The van der Waals surface area contributed by atoms with Crippen molar-refractivity contribution in [2.24, 2.45) is 0 Å². The summed E-state index contributed by atoms with van der Waals surface area (Å²) in [6.07, 6.45) is -4.39. The number of aliphatic hydroxyl groups excluding tert-OH is 1. The van der Waals surface area contributed by atoms with Crippen LogP contribution in [0.5, 0.6) is 5.75 Å². The number of hydrogen-bond acceptors (Lipinski definition) is 3. The van der Waals surface area contributed by atoms with Gasteiger partial charge in [0.25, 0.3) is 0 Å². The van der Waals surface area contributed by atoms with Crippen molar-refractivity contribution in [3.8, 4) is 5.75 Å². The molecule has 0 bridgehead atoms. The third-order valence-electron chi connectivity index (χ3n) is 4.30. The van der Waals surface area contributed by atoms with Crippen LogP contribution < -0.4 is 0 Å². The SMILES string of the molecule is Oc1cccc(CN2CC(O)CC2c2ccc(C(F)(F)F)cc2)c1. The van der Waals surface area contributed by atoms with Crippen LogP contribution in [0, 0.1) is 0 Å². The molecule has 0 spiro atoms. The van der Waals surface area contributed by atoms with E-state index in [2.05, 4.69) is 0 Å². The Labute approximate surface area is 138 Å². The molecule has 0 saturated carbocycles. The maximum Gasteiger partial charge on any atom is 0.416 e. The lowest BCUT2D eigenvalue weighted by atomic mass is 10.0. The average molecular weight is 337 g/mol. The summed E-state index contributed by atoms with van der Waals surface area (Å²) >= 11 is 0. The number of aromatic hydroxyl groups is 1. The monoisotopic (exact) mass is 337 g/mol. The molecule has 3 nitrogen and oxygen atoms in total. The van der Waals surface area contributed by atoms with Crippen LogP contribution in [0.25, 0.3) is 0 Å². The number of aliphatic hydroxyl groups is 1. The van der Waals surface area contributed by atoms with Gasteiger partial charge in [0.1, 0.15) is 5.75 Å². The summed E-state index contributed by atoms with van der Waals surface area (Å²) in [6, 6.07) is 11.8. The molecular weight excluding hydrogens is 319 g/mol. The summed E-state index contributed by atoms with van der Waals surface area (Å²) in [5.74, 6) is 0.165. The Morgan fingerprint density at radius 3 is 2.42 bits per heavy atom. The lowest BCUT2D eigenvalue weighted by Gasteiger charge is -2.25. The maximum atomic E-state index is 12.7. The van der Waals surface area contributed by atoms with Crippen LogP contribution >= 0.6 is 0 Å². The number of benzene rings is 2. The molecule has 1 aliphatic heterocycles. The molecule has 6 heteroatoms. The molecule has 2 unspecified atom stereocenters. The molecule has 3 rings (SSSR count). The summed E-state index contributed by atoms with van der Waals surface area (Å²) in [4.78, 5) is 2.02. The van der Waals surface area contributed by atoms with Crippen LogP contribution in [-0.2, 0) is 12.7 Å². The maximum absolute atomic E-state index is 12.7. The first-order valence-corrected chi connectivity index (χ1v) is 7.70. The Balaban J connectivity index is 1.80. The van der Waals surface area contributed by atoms with E-state index in [9.17, 15) is 23.4 Å². The highest BCUT2D eigenvalue weighted by Gasteiger charge is 2.34. The highest BCUT2D eigenvalue weighted by molar-refractivity contribution is 5.30. The van der Waals surface area contributed by atoms with Crippen molar-refractivity contribution in [3.05, 3.63) is 65.2 Å². The largest absolute Gasteiger partial charge is 0.508 e. The number of phenolic OH excluding ortho intramolecular Hbond substituents is 1. The lowest BCUT2D eigenvalue weighted by molar-refractivity contribution is -0.137. The zero-order valence-electron chi connectivity index (χ0n) is 12.9. The average Bonchev–Trinajstić information content (AvgIpc) is 2.87. The van der Waals surface area contributed by atoms with Gasteiger partial charge >= 0.3 is 6.18 Å². The number of phenols is 1. The van der Waals surface area contributed by atoms with Gasteiger partial charge < -0.3 is 10.2 Å². The summed E-state index contributed by atoms with van der Waals surface area (Å²) < 4.78 is 38.1. The van der Waals surface area contributed by atoms with Crippen molar-refractivity contribution in [2.45, 2.75) is 31.3 Å². The predicted octanol–water partition coefficient (Wildman–Crippen LogP) is 3.72. The number of likely N-dealkylation sites (tertiary alicyclic amines) is 1. The number of halogens is 3. The van der Waals surface area contributed by atoms with Gasteiger partial charge in [0.05, 0.1) is 11.7 Å². The minimum Gasteiger partial charge on any atom is -0.508 e. The van der Waals surface area contributed by atoms with Crippen molar-refractivity contribution in [1.82, 2.24) is 4.90 Å². The van der Waals surface area contributed by atoms with Gasteiger partial charge in [0.2, 0.25) is 0 Å². The molecule has 1 saturated heterocycles. The van der Waals surface area contributed by atoms with Crippen LogP contribution in [0.2, 0.25) is 0 Å². The fraction of sp³-hybridized carbons (Fsp3) is 0.333. The second kappa shape index (κ2) is 6.45. The van der Waals surface area contributed by atoms with Gasteiger partial charge in [0, 0.05) is 19.1 Å². The molecule has 2 atom stereocenters. The van der Waals surface area contributed by atoms with Crippen LogP contribution in [0.4, 0.5) is 13.2 Å². The minimum atomic E-state index is -4.35. The first-order chi connectivity index (χ1) is 11.3. The van der Waals surface area contributed by atoms with Crippen molar-refractivity contribution >= 4 is 0 Å². The smallest absolute Gasteiger partial charge is 0.416 e. The Morgan fingerprint density at radius 2 is 1.79 bits per heavy atom. The Hall–Kier alpha value is -2.05. The highest BCUT2D eigenvalue weighted by atomic mass is 19.4. The normalized spacial score (nSPS) is 22.0. The quantitative estimate of drug-likeness (QED) is 0.897. The van der Waals surface area contributed by atoms with E-state index in [-0.39, 0.29) is 11.8 Å². The minimum absolute atomic E-state index is 0.148. The molecular formula is C18H18F3NO2. The number of rotatable bonds is 3. The highest BCUT2D eigenvalue weighted by Crippen LogP contribution is 2.36. The number of β-amino-alcohol motifs (C(OH)–C–C–N with tert-alkyl or cyclic N) is 1. The first kappa shape index (κ1) is 16.8. The van der Waals surface area contributed by atoms with Crippen molar-refractivity contribution < 1.29 is 23.4 Å². The zero-order valence-corrected chi connectivity index (χ0v) is 12.9. The van der Waals surface area contributed by atoms with E-state index < -0.39 is 17.8 Å². The number of nitrogens with zero attached hydrogens (tertiary/aromatic N) is 1. The van der Waals surface area contributed by atoms with Crippen molar-refractivity contribution in [1.29, 1.82) is 0 Å². The fourth-order valence-corrected chi connectivity index (χ4v) is 3.18. The van der Waals surface area contributed by atoms with Crippen molar-refractivity contribution in [3.63, 3.8) is 0 Å². The number of alkyl halides is 3. The second-order valence-corrected chi connectivity index (χ2v) is 6.12. The van der Waals surface area contributed by atoms with Gasteiger partial charge in [-0.25, -0.2) is 0 Å². The number of hydrogen-bond donors (Lipinski definition) is 2. The van der Waals surface area contributed by atoms with Crippen molar-refractivity contribution in [2.75, 3.05) is 6.54 Å². The molecule has 0 amide bonds. The summed E-state index contributed by atoms with van der Waals surface area (Å²) in [5.41, 5.74) is 0.963. The van der Waals surface area contributed by atoms with E-state index in [0.717, 1.165) is 23.3 Å². The van der Waals surface area contributed by atoms with E-state index >= 15 is 0 Å². The van der Waals surface area contributed by atoms with Gasteiger partial charge in [-0.15, -0.1) is 0 Å². The molecule has 0 radical (unpaired) electrons. The van der Waals surface area contributed by atoms with Crippen LogP contribution in [0.15, 0.2) is 48.5 Å². The standard InChI is InChI=1S/C18H18F3NO2/c19-18(20,21)14-6-4-13(5-7-14)17-9-16(24)11-22(17)10-12-2-1-3-15(23)8-12/h1-8,16-17,23-24H,9-11H2. The molecule has 0 aliphatic carbocycles. The molecule has 1 aliphatic rings. The topological polar surface area (TPSA) is 43.7 Å². The molecule has 1 fully saturated rings. The van der Waals surface area contributed by atoms with Gasteiger partial charge in [-0.05, 0) is 41.8 Å². The van der Waals surface area contributed by atoms with Gasteiger partial charge in [-0.1, -0.05) is 24.3 Å². The summed E-state index contributed by atoms with van der Waals surface area (Å²) in [7, 11) is 0. The van der Waals surface area contributed by atoms with E-state index in [1.165, 1.54) is 12.1 Å². The van der Waals surface area contributed by atoms with Gasteiger partial charge in [-0.3, -0.25) is 4.90 Å². The van der Waals surface area contributed by atoms with Crippen LogP contribution in [-0.4, -0.2) is 27.8 Å². The molecule has 128 valence electrons. The Morgan fingerprint density at radius 1 is 1.08 bits per heavy atom.